The van der Waals surface area contributed by atoms with E-state index < -0.39 is 0 Å². The highest BCUT2D eigenvalue weighted by Crippen LogP contribution is 2.31. The van der Waals surface area contributed by atoms with Crippen molar-refractivity contribution in [3.05, 3.63) is 59.2 Å². The minimum atomic E-state index is 0.674. The molecule has 5 nitrogen and oxygen atoms in total. The van der Waals surface area contributed by atoms with Crippen LogP contribution in [0.5, 0.6) is 17.2 Å². The number of nitrogens with one attached hydrogen (secondary N) is 1. The quantitative estimate of drug-likeness (QED) is 0.588. The lowest BCUT2D eigenvalue weighted by Crippen LogP contribution is -2.13. The molecule has 6 heteroatoms. The lowest BCUT2D eigenvalue weighted by atomic mass is 10.2. The number of hydrogen-bond acceptors (Lipinski definition) is 6. The summed E-state index contributed by atoms with van der Waals surface area (Å²) in [5.74, 6) is 2.39. The van der Waals surface area contributed by atoms with Gasteiger partial charge in [0.05, 0.1) is 25.7 Å². The van der Waals surface area contributed by atoms with Crippen LogP contribution in [0.1, 0.15) is 17.5 Å². The van der Waals surface area contributed by atoms with Gasteiger partial charge in [0.15, 0.2) is 11.5 Å². The lowest BCUT2D eigenvalue weighted by molar-refractivity contribution is 0.340. The molecule has 0 aliphatic rings. The van der Waals surface area contributed by atoms with E-state index >= 15 is 0 Å². The fourth-order valence-corrected chi connectivity index (χ4v) is 3.70. The molecule has 0 spiro atoms. The van der Waals surface area contributed by atoms with Crippen molar-refractivity contribution in [1.29, 1.82) is 0 Å². The van der Waals surface area contributed by atoms with Crippen molar-refractivity contribution in [1.82, 2.24) is 10.3 Å². The topological polar surface area (TPSA) is 52.6 Å². The Hall–Kier alpha value is -2.57. The zero-order chi connectivity index (χ0) is 19.1. The number of hydrogen-bond donors (Lipinski definition) is 1. The van der Waals surface area contributed by atoms with Crippen LogP contribution in [-0.2, 0) is 13.1 Å². The van der Waals surface area contributed by atoms with Gasteiger partial charge in [-0.2, -0.15) is 0 Å². The van der Waals surface area contributed by atoms with Crippen LogP contribution in [0.2, 0.25) is 0 Å². The molecule has 0 bridgehead atoms. The number of benzene rings is 2. The Balaban J connectivity index is 1.60. The van der Waals surface area contributed by atoms with Crippen LogP contribution in [0, 0.1) is 0 Å². The van der Waals surface area contributed by atoms with Gasteiger partial charge in [-0.1, -0.05) is 12.1 Å². The fraction of sp³-hybridized carbons (Fsp3) is 0.286. The number of thiazole rings is 1. The fourth-order valence-electron chi connectivity index (χ4n) is 2.80. The molecule has 3 aromatic rings. The van der Waals surface area contributed by atoms with E-state index in [1.807, 2.05) is 43.5 Å². The van der Waals surface area contributed by atoms with Gasteiger partial charge in [-0.05, 0) is 42.8 Å². The van der Waals surface area contributed by atoms with E-state index in [1.165, 1.54) is 0 Å². The van der Waals surface area contributed by atoms with Gasteiger partial charge in [-0.15, -0.1) is 11.3 Å². The van der Waals surface area contributed by atoms with Crippen molar-refractivity contribution in [2.24, 2.45) is 0 Å². The second-order valence-electron chi connectivity index (χ2n) is 5.83. The molecule has 0 unspecified atom stereocenters. The van der Waals surface area contributed by atoms with E-state index in [9.17, 15) is 0 Å². The summed E-state index contributed by atoms with van der Waals surface area (Å²) in [6.07, 6.45) is 1.92. The van der Waals surface area contributed by atoms with E-state index in [4.69, 9.17) is 14.2 Å². The first-order valence-electron chi connectivity index (χ1n) is 8.83. The van der Waals surface area contributed by atoms with Gasteiger partial charge in [-0.3, -0.25) is 0 Å². The highest BCUT2D eigenvalue weighted by molar-refractivity contribution is 7.15. The molecular weight excluding hydrogens is 360 g/mol. The molecule has 0 saturated heterocycles. The summed E-state index contributed by atoms with van der Waals surface area (Å²) in [6.45, 7) is 4.03. The SMILES string of the molecule is CCOc1ccc(-c2cnc(CNCc3cccc(OC)c3OC)s2)cc1. The lowest BCUT2D eigenvalue weighted by Gasteiger charge is -2.12. The molecule has 1 aromatic heterocycles. The van der Waals surface area contributed by atoms with Crippen molar-refractivity contribution in [3.8, 4) is 27.7 Å². The summed E-state index contributed by atoms with van der Waals surface area (Å²) in [5.41, 5.74) is 2.21. The molecule has 0 aliphatic carbocycles. The van der Waals surface area contributed by atoms with Gasteiger partial charge in [0, 0.05) is 24.8 Å². The van der Waals surface area contributed by atoms with Gasteiger partial charge >= 0.3 is 0 Å². The monoisotopic (exact) mass is 384 g/mol. The Labute approximate surface area is 163 Å². The predicted molar refractivity (Wildman–Crippen MR) is 109 cm³/mol. The number of ether oxygens (including phenoxy) is 3. The van der Waals surface area contributed by atoms with Crippen molar-refractivity contribution in [3.63, 3.8) is 0 Å². The van der Waals surface area contributed by atoms with Gasteiger partial charge in [0.2, 0.25) is 0 Å². The minimum Gasteiger partial charge on any atom is -0.494 e. The van der Waals surface area contributed by atoms with Crippen LogP contribution in [0.25, 0.3) is 10.4 Å². The first-order valence-corrected chi connectivity index (χ1v) is 9.65. The zero-order valence-corrected chi connectivity index (χ0v) is 16.6. The molecule has 0 fully saturated rings. The molecule has 27 heavy (non-hydrogen) atoms. The minimum absolute atomic E-state index is 0.674. The average molecular weight is 385 g/mol. The summed E-state index contributed by atoms with van der Waals surface area (Å²) in [4.78, 5) is 5.67. The molecular formula is C21H24N2O3S. The Morgan fingerprint density at radius 2 is 1.81 bits per heavy atom. The van der Waals surface area contributed by atoms with E-state index in [-0.39, 0.29) is 0 Å². The number of para-hydroxylation sites is 1. The van der Waals surface area contributed by atoms with E-state index in [0.29, 0.717) is 19.7 Å². The molecule has 1 N–H and O–H groups in total. The Bertz CT molecular complexity index is 862. The van der Waals surface area contributed by atoms with Gasteiger partial charge in [0.1, 0.15) is 10.8 Å². The smallest absolute Gasteiger partial charge is 0.165 e. The maximum atomic E-state index is 5.49. The second-order valence-corrected chi connectivity index (χ2v) is 6.95. The van der Waals surface area contributed by atoms with E-state index in [2.05, 4.69) is 22.4 Å². The van der Waals surface area contributed by atoms with E-state index in [0.717, 1.165) is 38.3 Å². The predicted octanol–water partition coefficient (Wildman–Crippen LogP) is 4.52. The number of rotatable bonds is 9. The van der Waals surface area contributed by atoms with Crippen LogP contribution < -0.4 is 19.5 Å². The van der Waals surface area contributed by atoms with Gasteiger partial charge in [-0.25, -0.2) is 4.98 Å². The first-order chi connectivity index (χ1) is 13.2. The first kappa shape index (κ1) is 19.2. The molecule has 0 atom stereocenters. The molecule has 1 heterocycles. The van der Waals surface area contributed by atoms with Crippen molar-refractivity contribution >= 4 is 11.3 Å². The summed E-state index contributed by atoms with van der Waals surface area (Å²) in [6, 6.07) is 14.0. The molecule has 142 valence electrons. The third-order valence-corrected chi connectivity index (χ3v) is 5.13. The number of nitrogens with zero attached hydrogens (tertiary/aromatic N) is 1. The van der Waals surface area contributed by atoms with Crippen LogP contribution in [-0.4, -0.2) is 25.8 Å². The summed E-state index contributed by atoms with van der Waals surface area (Å²) in [5, 5.41) is 4.47. The van der Waals surface area contributed by atoms with Gasteiger partial charge < -0.3 is 19.5 Å². The second kappa shape index (κ2) is 9.39. The van der Waals surface area contributed by atoms with Crippen LogP contribution >= 0.6 is 11.3 Å². The maximum Gasteiger partial charge on any atom is 0.165 e. The molecule has 3 rings (SSSR count). The van der Waals surface area contributed by atoms with Crippen molar-refractivity contribution in [2.45, 2.75) is 20.0 Å². The van der Waals surface area contributed by atoms with Crippen LogP contribution in [0.15, 0.2) is 48.7 Å². The number of aromatic nitrogens is 1. The molecule has 0 radical (unpaired) electrons. The van der Waals surface area contributed by atoms with Crippen LogP contribution in [0.4, 0.5) is 0 Å². The van der Waals surface area contributed by atoms with E-state index in [1.54, 1.807) is 25.6 Å². The summed E-state index contributed by atoms with van der Waals surface area (Å²) in [7, 11) is 3.30. The normalized spacial score (nSPS) is 10.6. The molecule has 2 aromatic carbocycles. The zero-order valence-electron chi connectivity index (χ0n) is 15.8. The Morgan fingerprint density at radius 3 is 2.52 bits per heavy atom. The molecule has 0 aliphatic heterocycles. The summed E-state index contributed by atoms with van der Waals surface area (Å²) < 4.78 is 16.3. The third-order valence-electron chi connectivity index (χ3n) is 4.08. The van der Waals surface area contributed by atoms with Crippen LogP contribution in [0.3, 0.4) is 0 Å². The highest BCUT2D eigenvalue weighted by Gasteiger charge is 2.10. The Morgan fingerprint density at radius 1 is 1.00 bits per heavy atom. The molecule has 0 amide bonds. The largest absolute Gasteiger partial charge is 0.494 e. The highest BCUT2D eigenvalue weighted by atomic mass is 32.1. The standard InChI is InChI=1S/C21H24N2O3S/c1-4-26-17-10-8-15(9-11-17)19-13-23-20(27-19)14-22-12-16-6-5-7-18(24-2)21(16)25-3/h5-11,13,22H,4,12,14H2,1-3H3. The Kier molecular flexibility index (Phi) is 6.68. The maximum absolute atomic E-state index is 5.49. The van der Waals surface area contributed by atoms with Crippen molar-refractivity contribution < 1.29 is 14.2 Å². The van der Waals surface area contributed by atoms with Crippen molar-refractivity contribution in [2.75, 3.05) is 20.8 Å². The summed E-state index contributed by atoms with van der Waals surface area (Å²) >= 11 is 1.69. The average Bonchev–Trinajstić information content (AvgIpc) is 3.17. The van der Waals surface area contributed by atoms with Gasteiger partial charge in [0.25, 0.3) is 0 Å². The molecule has 0 saturated carbocycles. The number of methoxy groups -OCH3 is 2. The third kappa shape index (κ3) is 4.78.